The predicted octanol–water partition coefficient (Wildman–Crippen LogP) is 3.48. The van der Waals surface area contributed by atoms with Crippen molar-refractivity contribution in [1.82, 2.24) is 5.32 Å². The van der Waals surface area contributed by atoms with Crippen LogP contribution in [-0.4, -0.2) is 12.4 Å². The van der Waals surface area contributed by atoms with Crippen LogP contribution in [0.25, 0.3) is 6.08 Å². The van der Waals surface area contributed by atoms with E-state index in [0.717, 1.165) is 5.56 Å². The van der Waals surface area contributed by atoms with Crippen molar-refractivity contribution in [3.63, 3.8) is 0 Å². The van der Waals surface area contributed by atoms with Gasteiger partial charge in [-0.25, -0.2) is 0 Å². The fourth-order valence-corrected chi connectivity index (χ4v) is 1.35. The third kappa shape index (κ3) is 5.51. The minimum atomic E-state index is 0.462. The first kappa shape index (κ1) is 14.3. The van der Waals surface area contributed by atoms with Crippen molar-refractivity contribution < 1.29 is 0 Å². The number of rotatable bonds is 4. The van der Waals surface area contributed by atoms with Gasteiger partial charge in [0.05, 0.1) is 0 Å². The molecule has 1 aromatic rings. The topological polar surface area (TPSA) is 48.2 Å². The molecule has 0 bridgehead atoms. The molecule has 1 N–H and O–H groups in total. The van der Waals surface area contributed by atoms with Gasteiger partial charge in [-0.2, -0.15) is 5.26 Å². The summed E-state index contributed by atoms with van der Waals surface area (Å²) in [6.07, 6.45) is 5.56. The molecule has 3 nitrogen and oxygen atoms in total. The molecule has 0 aliphatic carbocycles. The van der Waals surface area contributed by atoms with Crippen LogP contribution in [0.1, 0.15) is 19.4 Å². The number of aliphatic imine (C=N–C) groups is 1. The van der Waals surface area contributed by atoms with Gasteiger partial charge in [-0.3, -0.25) is 10.3 Å². The molecule has 0 aliphatic rings. The maximum Gasteiger partial charge on any atom is 0.182 e. The van der Waals surface area contributed by atoms with Gasteiger partial charge < -0.3 is 0 Å². The van der Waals surface area contributed by atoms with Crippen molar-refractivity contribution in [2.75, 3.05) is 6.54 Å². The van der Waals surface area contributed by atoms with Crippen LogP contribution in [0.3, 0.4) is 0 Å². The van der Waals surface area contributed by atoms with Crippen molar-refractivity contribution in [3.05, 3.63) is 40.9 Å². The van der Waals surface area contributed by atoms with Crippen LogP contribution < -0.4 is 5.32 Å². The lowest BCUT2D eigenvalue weighted by Crippen LogP contribution is -2.16. The second-order valence-corrected chi connectivity index (χ2v) is 4.68. The van der Waals surface area contributed by atoms with Crippen LogP contribution in [0.2, 0.25) is 5.02 Å². The summed E-state index contributed by atoms with van der Waals surface area (Å²) in [5.41, 5.74) is 1.01. The van der Waals surface area contributed by atoms with Gasteiger partial charge >= 0.3 is 0 Å². The molecule has 0 aliphatic heterocycles. The Balaban J connectivity index is 2.74. The second-order valence-electron chi connectivity index (χ2n) is 4.24. The summed E-state index contributed by atoms with van der Waals surface area (Å²) in [5, 5.41) is 11.9. The van der Waals surface area contributed by atoms with Crippen LogP contribution in [0.4, 0.5) is 0 Å². The van der Waals surface area contributed by atoms with E-state index in [1.807, 2.05) is 36.5 Å². The van der Waals surface area contributed by atoms with E-state index in [1.54, 1.807) is 6.08 Å². The largest absolute Gasteiger partial charge is 0.277 e. The summed E-state index contributed by atoms with van der Waals surface area (Å²) < 4.78 is 0. The molecule has 94 valence electrons. The van der Waals surface area contributed by atoms with Gasteiger partial charge in [-0.05, 0) is 29.7 Å². The highest BCUT2D eigenvalue weighted by Gasteiger charge is 1.95. The van der Waals surface area contributed by atoms with Crippen molar-refractivity contribution in [2.24, 2.45) is 10.9 Å². The molecule has 0 aromatic heterocycles. The fourth-order valence-electron chi connectivity index (χ4n) is 1.22. The van der Waals surface area contributed by atoms with E-state index in [-0.39, 0.29) is 0 Å². The lowest BCUT2D eigenvalue weighted by Gasteiger charge is -2.01. The zero-order chi connectivity index (χ0) is 13.4. The Morgan fingerprint density at radius 1 is 1.44 bits per heavy atom. The Morgan fingerprint density at radius 2 is 2.11 bits per heavy atom. The molecular formula is C14H16ClN3. The van der Waals surface area contributed by atoms with E-state index in [0.29, 0.717) is 23.3 Å². The maximum absolute atomic E-state index is 8.64. The zero-order valence-electron chi connectivity index (χ0n) is 10.5. The highest BCUT2D eigenvalue weighted by atomic mass is 35.5. The summed E-state index contributed by atoms with van der Waals surface area (Å²) >= 11 is 5.81. The van der Waals surface area contributed by atoms with Crippen molar-refractivity contribution in [3.8, 4) is 6.19 Å². The van der Waals surface area contributed by atoms with E-state index in [4.69, 9.17) is 16.9 Å². The highest BCUT2D eigenvalue weighted by Crippen LogP contribution is 2.10. The Hall–Kier alpha value is -1.79. The number of hydrogen-bond donors (Lipinski definition) is 1. The number of nitrogens with zero attached hydrogens (tertiary/aromatic N) is 2. The molecule has 4 heteroatoms. The Bertz CT molecular complexity index is 467. The average molecular weight is 262 g/mol. The van der Waals surface area contributed by atoms with E-state index >= 15 is 0 Å². The number of hydrogen-bond acceptors (Lipinski definition) is 2. The Morgan fingerprint density at radius 3 is 2.67 bits per heavy atom. The van der Waals surface area contributed by atoms with Crippen LogP contribution in [0, 0.1) is 17.4 Å². The van der Waals surface area contributed by atoms with Crippen molar-refractivity contribution >= 4 is 23.5 Å². The van der Waals surface area contributed by atoms with E-state index in [9.17, 15) is 0 Å². The van der Waals surface area contributed by atoms with Gasteiger partial charge in [-0.15, -0.1) is 0 Å². The van der Waals surface area contributed by atoms with Gasteiger partial charge in [0.25, 0.3) is 0 Å². The van der Waals surface area contributed by atoms with Crippen LogP contribution in [0.5, 0.6) is 0 Å². The fraction of sp³-hybridized carbons (Fsp3) is 0.286. The summed E-state index contributed by atoms with van der Waals surface area (Å²) in [6.45, 7) is 4.85. The van der Waals surface area contributed by atoms with Gasteiger partial charge in [0.15, 0.2) is 6.19 Å². The van der Waals surface area contributed by atoms with E-state index < -0.39 is 0 Å². The average Bonchev–Trinajstić information content (AvgIpc) is 2.34. The molecule has 18 heavy (non-hydrogen) atoms. The third-order valence-electron chi connectivity index (χ3n) is 2.11. The van der Waals surface area contributed by atoms with Crippen molar-refractivity contribution in [1.29, 1.82) is 5.26 Å². The first-order chi connectivity index (χ1) is 8.61. The lowest BCUT2D eigenvalue weighted by atomic mass is 10.2. The van der Waals surface area contributed by atoms with Gasteiger partial charge in [0.2, 0.25) is 0 Å². The standard InChI is InChI=1S/C14H16ClN3/c1-11(2)9-17-14(18-10-16)8-5-12-3-6-13(15)7-4-12/h3-8,11H,9H2,1-2H3,(H,17,18). The molecule has 1 rings (SSSR count). The SMILES string of the molecule is CC(C)CN=C(C=Cc1ccc(Cl)cc1)NC#N. The minimum absolute atomic E-state index is 0.462. The quantitative estimate of drug-likeness (QED) is 0.390. The van der Waals surface area contributed by atoms with Crippen LogP contribution in [-0.2, 0) is 0 Å². The number of amidine groups is 1. The molecule has 0 saturated carbocycles. The minimum Gasteiger partial charge on any atom is -0.277 e. The molecule has 0 atom stereocenters. The summed E-state index contributed by atoms with van der Waals surface area (Å²) in [4.78, 5) is 4.32. The monoisotopic (exact) mass is 261 g/mol. The molecule has 0 fully saturated rings. The molecule has 0 heterocycles. The predicted molar refractivity (Wildman–Crippen MR) is 76.4 cm³/mol. The molecule has 0 unspecified atom stereocenters. The van der Waals surface area contributed by atoms with Crippen molar-refractivity contribution in [2.45, 2.75) is 13.8 Å². The summed E-state index contributed by atoms with van der Waals surface area (Å²) in [7, 11) is 0. The second kappa shape index (κ2) is 7.52. The molecule has 1 aromatic carbocycles. The molecule has 0 saturated heterocycles. The Labute approximate surface area is 113 Å². The summed E-state index contributed by atoms with van der Waals surface area (Å²) in [5.74, 6) is 1.03. The van der Waals surface area contributed by atoms with Gasteiger partial charge in [-0.1, -0.05) is 43.7 Å². The number of halogens is 1. The number of nitriles is 1. The maximum atomic E-state index is 8.64. The highest BCUT2D eigenvalue weighted by molar-refractivity contribution is 6.30. The van der Waals surface area contributed by atoms with Crippen LogP contribution in [0.15, 0.2) is 35.3 Å². The first-order valence-corrected chi connectivity index (χ1v) is 6.13. The Kier molecular flexibility index (Phi) is 5.96. The van der Waals surface area contributed by atoms with Gasteiger partial charge in [0.1, 0.15) is 5.84 Å². The molecule has 0 radical (unpaired) electrons. The zero-order valence-corrected chi connectivity index (χ0v) is 11.3. The first-order valence-electron chi connectivity index (χ1n) is 5.75. The van der Waals surface area contributed by atoms with Crippen LogP contribution >= 0.6 is 11.6 Å². The third-order valence-corrected chi connectivity index (χ3v) is 2.37. The smallest absolute Gasteiger partial charge is 0.182 e. The lowest BCUT2D eigenvalue weighted by molar-refractivity contribution is 0.664. The molecule has 0 amide bonds. The number of nitrogens with one attached hydrogen (secondary N) is 1. The van der Waals surface area contributed by atoms with E-state index in [2.05, 4.69) is 24.2 Å². The van der Waals surface area contributed by atoms with Gasteiger partial charge in [0, 0.05) is 11.6 Å². The molecular weight excluding hydrogens is 246 g/mol. The summed E-state index contributed by atoms with van der Waals surface area (Å²) in [6, 6.07) is 7.46. The van der Waals surface area contributed by atoms with E-state index in [1.165, 1.54) is 0 Å². The molecule has 0 spiro atoms. The normalized spacial score (nSPS) is 11.8. The number of benzene rings is 1.